The summed E-state index contributed by atoms with van der Waals surface area (Å²) in [6, 6.07) is 26.9. The van der Waals surface area contributed by atoms with Crippen molar-refractivity contribution in [3.05, 3.63) is 107 Å². The van der Waals surface area contributed by atoms with Crippen LogP contribution >= 0.6 is 23.2 Å². The molecule has 1 heterocycles. The first kappa shape index (κ1) is 25.4. The quantitative estimate of drug-likeness (QED) is 0.408. The summed E-state index contributed by atoms with van der Waals surface area (Å²) in [5.41, 5.74) is 1.09. The maximum Gasteiger partial charge on any atom is 0.237 e. The molecule has 0 radical (unpaired) electrons. The molecule has 1 aliphatic heterocycles. The number of hydrogen-bond donors (Lipinski definition) is 1. The second-order valence-corrected chi connectivity index (χ2v) is 10.1. The monoisotopic (exact) mass is 508 g/mol. The number of alkyl halides is 1. The number of hydrogen-bond acceptors (Lipinski definition) is 3. The average molecular weight is 509 g/mol. The highest BCUT2D eigenvalue weighted by atomic mass is 35.5. The fourth-order valence-corrected chi connectivity index (χ4v) is 5.58. The van der Waals surface area contributed by atoms with Crippen LogP contribution in [0.2, 0.25) is 5.02 Å². The van der Waals surface area contributed by atoms with Crippen LogP contribution in [0.3, 0.4) is 0 Å². The van der Waals surface area contributed by atoms with E-state index >= 15 is 0 Å². The number of carbonyl (C=O) groups is 1. The topological polar surface area (TPSA) is 52.9 Å². The Balaban J connectivity index is 1.72. The number of halogens is 2. The van der Waals surface area contributed by atoms with Crippen molar-refractivity contribution in [2.24, 2.45) is 4.99 Å². The van der Waals surface area contributed by atoms with E-state index in [1.807, 2.05) is 72.8 Å². The molecule has 2 atom stereocenters. The highest BCUT2D eigenvalue weighted by Gasteiger charge is 2.46. The lowest BCUT2D eigenvalue weighted by atomic mass is 9.69. The van der Waals surface area contributed by atoms with E-state index in [2.05, 4.69) is 0 Å². The third-order valence-corrected chi connectivity index (χ3v) is 7.79. The van der Waals surface area contributed by atoms with Gasteiger partial charge in [-0.3, -0.25) is 9.79 Å². The van der Waals surface area contributed by atoms with E-state index in [-0.39, 0.29) is 5.91 Å². The standard InChI is InChI=1S/C29H30Cl2N2O2/c1-33(2)27(34)28(21-9-5-3-6-10-21,22-11-7-4-8-12-22)18-17-25-26(31)29(35,19-20-32-25)23-13-15-24(30)16-14-23/h3-16,26,35H,17-20H2,1-2H3. The van der Waals surface area contributed by atoms with Gasteiger partial charge in [-0.2, -0.15) is 0 Å². The second-order valence-electron chi connectivity index (χ2n) is 9.25. The van der Waals surface area contributed by atoms with E-state index in [9.17, 15) is 9.90 Å². The van der Waals surface area contributed by atoms with E-state index < -0.39 is 16.4 Å². The summed E-state index contributed by atoms with van der Waals surface area (Å²) >= 11 is 13.0. The Bertz CT molecular complexity index is 1140. The zero-order valence-corrected chi connectivity index (χ0v) is 21.5. The van der Waals surface area contributed by atoms with Gasteiger partial charge < -0.3 is 10.0 Å². The van der Waals surface area contributed by atoms with Crippen molar-refractivity contribution in [2.75, 3.05) is 20.6 Å². The number of amides is 1. The van der Waals surface area contributed by atoms with Crippen LogP contribution in [0.15, 0.2) is 89.9 Å². The highest BCUT2D eigenvalue weighted by Crippen LogP contribution is 2.42. The van der Waals surface area contributed by atoms with Gasteiger partial charge in [-0.25, -0.2) is 0 Å². The first-order chi connectivity index (χ1) is 16.8. The summed E-state index contributed by atoms with van der Waals surface area (Å²) in [7, 11) is 3.56. The van der Waals surface area contributed by atoms with Crippen molar-refractivity contribution in [2.45, 2.75) is 35.7 Å². The normalized spacial score (nSPS) is 20.3. The second kappa shape index (κ2) is 10.5. The maximum absolute atomic E-state index is 13.9. The summed E-state index contributed by atoms with van der Waals surface area (Å²) in [6.07, 6.45) is 1.36. The molecule has 0 saturated carbocycles. The molecule has 0 bridgehead atoms. The van der Waals surface area contributed by atoms with Gasteiger partial charge in [0.15, 0.2) is 0 Å². The molecular formula is C29H30Cl2N2O2. The first-order valence-electron chi connectivity index (χ1n) is 11.8. The van der Waals surface area contributed by atoms with Crippen LogP contribution in [0.5, 0.6) is 0 Å². The van der Waals surface area contributed by atoms with Crippen LogP contribution in [-0.4, -0.2) is 47.6 Å². The third-order valence-electron chi connectivity index (χ3n) is 6.92. The van der Waals surface area contributed by atoms with Crippen LogP contribution in [0, 0.1) is 0 Å². The largest absolute Gasteiger partial charge is 0.383 e. The molecule has 4 rings (SSSR count). The van der Waals surface area contributed by atoms with Crippen molar-refractivity contribution >= 4 is 34.8 Å². The Hall–Kier alpha value is -2.66. The van der Waals surface area contributed by atoms with Gasteiger partial charge in [-0.1, -0.05) is 84.4 Å². The van der Waals surface area contributed by atoms with Gasteiger partial charge in [0, 0.05) is 37.8 Å². The molecule has 3 aromatic carbocycles. The molecule has 3 aromatic rings. The molecular weight excluding hydrogens is 479 g/mol. The summed E-state index contributed by atoms with van der Waals surface area (Å²) in [5.74, 6) is -0.00889. The molecule has 0 aromatic heterocycles. The van der Waals surface area contributed by atoms with Crippen molar-refractivity contribution in [3.63, 3.8) is 0 Å². The molecule has 182 valence electrons. The molecule has 0 aliphatic carbocycles. The molecule has 1 aliphatic rings. The predicted molar refractivity (Wildman–Crippen MR) is 144 cm³/mol. The molecule has 4 nitrogen and oxygen atoms in total. The minimum Gasteiger partial charge on any atom is -0.383 e. The van der Waals surface area contributed by atoms with Crippen LogP contribution in [0.1, 0.15) is 36.0 Å². The summed E-state index contributed by atoms with van der Waals surface area (Å²) in [6.45, 7) is 0.461. The van der Waals surface area contributed by atoms with Crippen molar-refractivity contribution in [1.82, 2.24) is 4.90 Å². The molecule has 1 N–H and O–H groups in total. The van der Waals surface area contributed by atoms with Crippen molar-refractivity contribution < 1.29 is 9.90 Å². The third kappa shape index (κ3) is 4.88. The highest BCUT2D eigenvalue weighted by molar-refractivity contribution is 6.33. The van der Waals surface area contributed by atoms with E-state index in [1.165, 1.54) is 0 Å². The number of aliphatic imine (C=N–C) groups is 1. The van der Waals surface area contributed by atoms with Crippen LogP contribution in [0.25, 0.3) is 0 Å². The minimum atomic E-state index is -1.25. The van der Waals surface area contributed by atoms with E-state index in [0.717, 1.165) is 16.7 Å². The molecule has 35 heavy (non-hydrogen) atoms. The van der Waals surface area contributed by atoms with Gasteiger partial charge in [0.05, 0.1) is 5.41 Å². The molecule has 0 fully saturated rings. The van der Waals surface area contributed by atoms with E-state index in [0.29, 0.717) is 36.5 Å². The van der Waals surface area contributed by atoms with Crippen LogP contribution in [0.4, 0.5) is 0 Å². The Morgan fingerprint density at radius 1 is 1.00 bits per heavy atom. The molecule has 1 amide bonds. The van der Waals surface area contributed by atoms with Crippen LogP contribution in [-0.2, 0) is 15.8 Å². The fraction of sp³-hybridized carbons (Fsp3) is 0.310. The Labute approximate surface area is 217 Å². The van der Waals surface area contributed by atoms with Crippen LogP contribution < -0.4 is 0 Å². The number of likely N-dealkylation sites (N-methyl/N-ethyl adjacent to an activating group) is 1. The smallest absolute Gasteiger partial charge is 0.237 e. The molecule has 0 saturated heterocycles. The predicted octanol–water partition coefficient (Wildman–Crippen LogP) is 5.83. The van der Waals surface area contributed by atoms with Gasteiger partial charge in [0.25, 0.3) is 0 Å². The average Bonchev–Trinajstić information content (AvgIpc) is 2.88. The Kier molecular flexibility index (Phi) is 7.65. The summed E-state index contributed by atoms with van der Waals surface area (Å²) in [4.78, 5) is 20.3. The summed E-state index contributed by atoms with van der Waals surface area (Å²) in [5, 5.41) is 11.5. The number of carbonyl (C=O) groups excluding carboxylic acids is 1. The number of benzene rings is 3. The van der Waals surface area contributed by atoms with Crippen molar-refractivity contribution in [3.8, 4) is 0 Å². The first-order valence-corrected chi connectivity index (χ1v) is 12.6. The molecule has 6 heteroatoms. The lowest BCUT2D eigenvalue weighted by Crippen LogP contribution is -2.47. The maximum atomic E-state index is 13.9. The number of nitrogens with zero attached hydrogens (tertiary/aromatic N) is 2. The minimum absolute atomic E-state index is 0.00889. The van der Waals surface area contributed by atoms with E-state index in [1.54, 1.807) is 31.1 Å². The Morgan fingerprint density at radius 3 is 2.06 bits per heavy atom. The van der Waals surface area contributed by atoms with Gasteiger partial charge >= 0.3 is 0 Å². The lowest BCUT2D eigenvalue weighted by Gasteiger charge is -2.39. The van der Waals surface area contributed by atoms with Gasteiger partial charge in [0.2, 0.25) is 5.91 Å². The SMILES string of the molecule is CN(C)C(=O)C(CCC1=NCCC(O)(c2ccc(Cl)cc2)C1Cl)(c1ccccc1)c1ccccc1. The van der Waals surface area contributed by atoms with Gasteiger partial charge in [-0.05, 0) is 41.7 Å². The zero-order valence-electron chi connectivity index (χ0n) is 20.0. The number of aliphatic hydroxyl groups is 1. The van der Waals surface area contributed by atoms with E-state index in [4.69, 9.17) is 28.2 Å². The molecule has 0 spiro atoms. The lowest BCUT2D eigenvalue weighted by molar-refractivity contribution is -0.133. The number of rotatable bonds is 7. The van der Waals surface area contributed by atoms with Gasteiger partial charge in [0.1, 0.15) is 11.0 Å². The van der Waals surface area contributed by atoms with Gasteiger partial charge in [-0.15, -0.1) is 11.6 Å². The van der Waals surface area contributed by atoms with Crippen molar-refractivity contribution in [1.29, 1.82) is 0 Å². The Morgan fingerprint density at radius 2 is 1.54 bits per heavy atom. The summed E-state index contributed by atoms with van der Waals surface area (Å²) < 4.78 is 0. The zero-order chi connectivity index (χ0) is 25.1. The fourth-order valence-electron chi connectivity index (χ4n) is 5.04. The molecule has 2 unspecified atom stereocenters.